The van der Waals surface area contributed by atoms with Crippen LogP contribution in [0.5, 0.6) is 11.6 Å². The van der Waals surface area contributed by atoms with Gasteiger partial charge >= 0.3 is 5.97 Å². The number of aromatic nitrogens is 1. The Balaban J connectivity index is 1.65. The first-order valence-electron chi connectivity index (χ1n) is 7.77. The Morgan fingerprint density at radius 3 is 2.44 bits per heavy atom. The number of carbonyl (C=O) groups is 1. The summed E-state index contributed by atoms with van der Waals surface area (Å²) >= 11 is 1.12. The van der Waals surface area contributed by atoms with Crippen LogP contribution in [0.25, 0.3) is 6.08 Å². The second-order valence-corrected chi connectivity index (χ2v) is 6.61. The van der Waals surface area contributed by atoms with Crippen LogP contribution >= 0.6 is 11.3 Å². The molecule has 0 atom stereocenters. The van der Waals surface area contributed by atoms with Gasteiger partial charge in [0.2, 0.25) is 5.88 Å². The molecule has 3 aromatic rings. The van der Waals surface area contributed by atoms with E-state index in [9.17, 15) is 20.1 Å². The second-order valence-electron chi connectivity index (χ2n) is 5.58. The van der Waals surface area contributed by atoms with Crippen LogP contribution in [0.4, 0.5) is 10.8 Å². The highest BCUT2D eigenvalue weighted by Gasteiger charge is 2.15. The van der Waals surface area contributed by atoms with Gasteiger partial charge in [-0.15, -0.1) is 0 Å². The molecule has 0 unspecified atom stereocenters. The number of phenols is 1. The van der Waals surface area contributed by atoms with E-state index in [4.69, 9.17) is 0 Å². The maximum Gasteiger partial charge on any atom is 0.337 e. The molecule has 4 rings (SSSR count). The molecule has 0 aliphatic carbocycles. The molecular weight excluding hydrogens is 368 g/mol. The zero-order valence-electron chi connectivity index (χ0n) is 13.6. The number of fused-ring (bicyclic) bond motifs is 1. The molecule has 4 N–H and O–H groups in total. The summed E-state index contributed by atoms with van der Waals surface area (Å²) < 4.78 is 0. The number of thiazole rings is 1. The Bertz CT molecular complexity index is 1180. The normalized spacial score (nSPS) is 12.1. The van der Waals surface area contributed by atoms with E-state index in [1.54, 1.807) is 6.08 Å². The smallest absolute Gasteiger partial charge is 0.337 e. The van der Waals surface area contributed by atoms with E-state index in [2.05, 4.69) is 20.3 Å². The zero-order valence-corrected chi connectivity index (χ0v) is 14.4. The van der Waals surface area contributed by atoms with E-state index in [0.717, 1.165) is 28.1 Å². The first-order valence-corrected chi connectivity index (χ1v) is 8.58. The van der Waals surface area contributed by atoms with Gasteiger partial charge in [0, 0.05) is 6.08 Å². The average molecular weight is 380 g/mol. The Morgan fingerprint density at radius 2 is 1.78 bits per heavy atom. The first-order chi connectivity index (χ1) is 13.0. The number of para-hydroxylation sites is 2. The van der Waals surface area contributed by atoms with Gasteiger partial charge in [-0.2, -0.15) is 4.98 Å². The average Bonchev–Trinajstić information content (AvgIpc) is 3.19. The van der Waals surface area contributed by atoms with Crippen molar-refractivity contribution >= 4 is 34.2 Å². The highest BCUT2D eigenvalue weighted by Crippen LogP contribution is 2.33. The van der Waals surface area contributed by atoms with Crippen molar-refractivity contribution in [3.63, 3.8) is 0 Å². The lowest BCUT2D eigenvalue weighted by Crippen LogP contribution is -2.19. The van der Waals surface area contributed by atoms with Crippen molar-refractivity contribution < 1.29 is 20.1 Å². The van der Waals surface area contributed by atoms with Crippen LogP contribution in [0.1, 0.15) is 15.2 Å². The molecule has 0 fully saturated rings. The highest BCUT2D eigenvalue weighted by atomic mass is 32.1. The fraction of sp³-hybridized carbons (Fsp3) is 0. The number of aromatic carboxylic acids is 1. The third-order valence-electron chi connectivity index (χ3n) is 3.72. The maximum absolute atomic E-state index is 11.3. The number of carboxylic acid groups (broad SMARTS) is 1. The molecule has 1 aliphatic rings. The lowest BCUT2D eigenvalue weighted by atomic mass is 10.1. The van der Waals surface area contributed by atoms with Gasteiger partial charge in [0.1, 0.15) is 5.75 Å². The molecule has 8 nitrogen and oxygen atoms in total. The van der Waals surface area contributed by atoms with Crippen molar-refractivity contribution in [2.24, 2.45) is 9.98 Å². The topological polar surface area (TPSA) is 127 Å². The molecule has 1 aromatic heterocycles. The van der Waals surface area contributed by atoms with Crippen LogP contribution in [-0.2, 0) is 0 Å². The lowest BCUT2D eigenvalue weighted by Gasteiger charge is -2.06. The van der Waals surface area contributed by atoms with E-state index in [1.807, 2.05) is 24.3 Å². The number of anilines is 2. The summed E-state index contributed by atoms with van der Waals surface area (Å²) in [5.74, 6) is -1.13. The predicted molar refractivity (Wildman–Crippen MR) is 98.9 cm³/mol. The first kappa shape index (κ1) is 16.7. The molecular formula is C18H12N4O4S. The predicted octanol–water partition coefficient (Wildman–Crippen LogP) is 2.25. The molecule has 1 aliphatic heterocycles. The molecule has 2 heterocycles. The molecule has 0 saturated carbocycles. The van der Waals surface area contributed by atoms with Gasteiger partial charge in [-0.05, 0) is 30.3 Å². The molecule has 9 heteroatoms. The number of hydrogen-bond donors (Lipinski definition) is 4. The number of rotatable bonds is 4. The van der Waals surface area contributed by atoms with Crippen molar-refractivity contribution in [3.8, 4) is 11.6 Å². The van der Waals surface area contributed by atoms with Gasteiger partial charge in [-0.1, -0.05) is 23.5 Å². The monoisotopic (exact) mass is 380 g/mol. The molecule has 2 aromatic carbocycles. The Hall–Kier alpha value is -3.72. The van der Waals surface area contributed by atoms with Gasteiger partial charge in [-0.25, -0.2) is 14.8 Å². The second kappa shape index (κ2) is 6.54. The molecule has 0 radical (unpaired) electrons. The van der Waals surface area contributed by atoms with E-state index >= 15 is 0 Å². The quantitative estimate of drug-likeness (QED) is 0.514. The molecule has 0 saturated heterocycles. The number of phenolic OH excluding ortho intramolecular Hbond substituents is 1. The third kappa shape index (κ3) is 3.35. The van der Waals surface area contributed by atoms with Crippen molar-refractivity contribution in [1.29, 1.82) is 0 Å². The Labute approximate surface area is 156 Å². The van der Waals surface area contributed by atoms with Gasteiger partial charge in [0.05, 0.1) is 26.8 Å². The number of nitrogens with zero attached hydrogens (tertiary/aromatic N) is 3. The Morgan fingerprint density at radius 1 is 1.07 bits per heavy atom. The highest BCUT2D eigenvalue weighted by molar-refractivity contribution is 7.16. The van der Waals surface area contributed by atoms with Crippen molar-refractivity contribution in [3.05, 3.63) is 69.4 Å². The van der Waals surface area contributed by atoms with Crippen LogP contribution in [0.3, 0.4) is 0 Å². The number of benzene rings is 2. The molecule has 0 bridgehead atoms. The zero-order chi connectivity index (χ0) is 19.0. The van der Waals surface area contributed by atoms with Crippen molar-refractivity contribution in [1.82, 2.24) is 4.98 Å². The van der Waals surface area contributed by atoms with Gasteiger partial charge in [-0.3, -0.25) is 0 Å². The van der Waals surface area contributed by atoms with E-state index in [1.165, 1.54) is 12.1 Å². The summed E-state index contributed by atoms with van der Waals surface area (Å²) in [6, 6.07) is 11.3. The molecule has 134 valence electrons. The number of aromatic hydroxyl groups is 2. The number of hydrogen-bond acceptors (Lipinski definition) is 8. The van der Waals surface area contributed by atoms with Gasteiger partial charge < -0.3 is 20.6 Å². The van der Waals surface area contributed by atoms with Crippen molar-refractivity contribution in [2.45, 2.75) is 0 Å². The van der Waals surface area contributed by atoms with Gasteiger partial charge in [0.15, 0.2) is 11.0 Å². The number of carboxylic acids is 1. The van der Waals surface area contributed by atoms with Crippen molar-refractivity contribution in [2.75, 3.05) is 5.32 Å². The lowest BCUT2D eigenvalue weighted by molar-refractivity contribution is 0.0697. The maximum atomic E-state index is 11.3. The van der Waals surface area contributed by atoms with Gasteiger partial charge in [0.25, 0.3) is 0 Å². The fourth-order valence-electron chi connectivity index (χ4n) is 2.51. The number of nitrogens with one attached hydrogen (secondary N) is 1. The minimum Gasteiger partial charge on any atom is -0.508 e. The summed E-state index contributed by atoms with van der Waals surface area (Å²) in [4.78, 5) is 24.5. The molecule has 0 amide bonds. The van der Waals surface area contributed by atoms with E-state index in [0.29, 0.717) is 15.8 Å². The summed E-state index contributed by atoms with van der Waals surface area (Å²) in [6.45, 7) is 0. The largest absolute Gasteiger partial charge is 0.508 e. The summed E-state index contributed by atoms with van der Waals surface area (Å²) in [6.07, 6.45) is 1.60. The van der Waals surface area contributed by atoms with Crippen LogP contribution in [-0.4, -0.2) is 26.3 Å². The Kier molecular flexibility index (Phi) is 4.05. The fourth-order valence-corrected chi connectivity index (χ4v) is 3.31. The van der Waals surface area contributed by atoms with Crippen LogP contribution in [0, 0.1) is 0 Å². The SMILES string of the molecule is O=C(O)c1cc(O)ccc1Nc1nc(O)c(C=C2N=c3ccccc3=N2)s1. The minimum absolute atomic E-state index is 0.110. The van der Waals surface area contributed by atoms with E-state index in [-0.39, 0.29) is 22.9 Å². The summed E-state index contributed by atoms with van der Waals surface area (Å²) in [7, 11) is 0. The van der Waals surface area contributed by atoms with Crippen LogP contribution in [0.15, 0.2) is 58.3 Å². The standard InChI is InChI=1S/C18H12N4O4S/c23-9-5-6-11(10(7-9)17(25)26)21-18-22-16(24)14(27-18)8-15-19-12-3-1-2-4-13(12)20-15/h1-8,23-24H,(H,21,22)(H,25,26). The third-order valence-corrected chi connectivity index (χ3v) is 4.63. The molecule has 27 heavy (non-hydrogen) atoms. The van der Waals surface area contributed by atoms with E-state index < -0.39 is 5.97 Å². The minimum atomic E-state index is -1.20. The van der Waals surface area contributed by atoms with Crippen LogP contribution < -0.4 is 16.0 Å². The molecule has 0 spiro atoms. The summed E-state index contributed by atoms with van der Waals surface area (Å²) in [5.41, 5.74) is 0.136. The summed E-state index contributed by atoms with van der Waals surface area (Å²) in [5, 5.41) is 33.4. The van der Waals surface area contributed by atoms with Crippen LogP contribution in [0.2, 0.25) is 0 Å².